The van der Waals surface area contributed by atoms with Gasteiger partial charge in [-0.1, -0.05) is 45.9 Å². The number of aromatic nitrogens is 2. The van der Waals surface area contributed by atoms with Crippen molar-refractivity contribution in [1.29, 1.82) is 0 Å². The van der Waals surface area contributed by atoms with Crippen LogP contribution >= 0.6 is 0 Å². The summed E-state index contributed by atoms with van der Waals surface area (Å²) < 4.78 is 31.0. The fourth-order valence-corrected chi connectivity index (χ4v) is 2.97. The van der Waals surface area contributed by atoms with Gasteiger partial charge in [-0.25, -0.2) is 8.96 Å². The van der Waals surface area contributed by atoms with Gasteiger partial charge in [0.1, 0.15) is 6.33 Å². The monoisotopic (exact) mass is 308 g/mol. The molecule has 0 saturated carbocycles. The van der Waals surface area contributed by atoms with E-state index >= 15 is 0 Å². The molecule has 1 heterocycles. The number of para-hydroxylation sites is 1. The average molecular weight is 308 g/mol. The van der Waals surface area contributed by atoms with E-state index in [-0.39, 0.29) is 11.8 Å². The van der Waals surface area contributed by atoms with Crippen molar-refractivity contribution in [2.45, 2.75) is 39.5 Å². The molecule has 0 aliphatic rings. The minimum absolute atomic E-state index is 0.164. The molecule has 0 unspecified atom stereocenters. The quantitative estimate of drug-likeness (QED) is 0.850. The van der Waals surface area contributed by atoms with Gasteiger partial charge in [-0.15, -0.1) is 0 Å². The van der Waals surface area contributed by atoms with Crippen LogP contribution in [-0.2, 0) is 10.3 Å². The Balaban J connectivity index is 2.52. The summed E-state index contributed by atoms with van der Waals surface area (Å²) in [7, 11) is -3.93. The van der Waals surface area contributed by atoms with E-state index in [0.29, 0.717) is 5.75 Å². The number of nitrogens with zero attached hydrogens (tertiary/aromatic N) is 2. The summed E-state index contributed by atoms with van der Waals surface area (Å²) in [5, 5.41) is 0. The molecular weight excluding hydrogens is 288 g/mol. The molecule has 5 nitrogen and oxygen atoms in total. The molecule has 0 N–H and O–H groups in total. The number of benzene rings is 1. The highest BCUT2D eigenvalue weighted by atomic mass is 32.2. The molecule has 6 heteroatoms. The van der Waals surface area contributed by atoms with Gasteiger partial charge in [-0.3, -0.25) is 0 Å². The zero-order valence-corrected chi connectivity index (χ0v) is 13.5. The third kappa shape index (κ3) is 3.26. The zero-order chi connectivity index (χ0) is 15.6. The van der Waals surface area contributed by atoms with Crippen LogP contribution in [0.3, 0.4) is 0 Å². The summed E-state index contributed by atoms with van der Waals surface area (Å²) in [5.41, 5.74) is 1.76. The highest BCUT2D eigenvalue weighted by Gasteiger charge is 2.22. The largest absolute Gasteiger partial charge is 0.414 e. The van der Waals surface area contributed by atoms with Crippen molar-refractivity contribution in [2.75, 3.05) is 0 Å². The summed E-state index contributed by atoms with van der Waals surface area (Å²) in [6.45, 7) is 8.04. The molecule has 0 bridgehead atoms. The lowest BCUT2D eigenvalue weighted by atomic mass is 9.94. The van der Waals surface area contributed by atoms with Crippen molar-refractivity contribution in [3.05, 3.63) is 48.0 Å². The first-order valence-electron chi connectivity index (χ1n) is 6.88. The second-order valence-corrected chi connectivity index (χ2v) is 6.95. The lowest BCUT2D eigenvalue weighted by Crippen LogP contribution is -2.19. The molecule has 0 fully saturated rings. The molecule has 2 rings (SSSR count). The highest BCUT2D eigenvalue weighted by molar-refractivity contribution is 7.85. The molecule has 0 aliphatic carbocycles. The molecule has 0 saturated heterocycles. The first kappa shape index (κ1) is 15.6. The Morgan fingerprint density at radius 2 is 1.67 bits per heavy atom. The Morgan fingerprint density at radius 1 is 1.10 bits per heavy atom. The van der Waals surface area contributed by atoms with Crippen LogP contribution in [0.15, 0.2) is 36.9 Å². The zero-order valence-electron chi connectivity index (χ0n) is 12.6. The Kier molecular flexibility index (Phi) is 4.37. The molecule has 0 amide bonds. The molecule has 21 heavy (non-hydrogen) atoms. The summed E-state index contributed by atoms with van der Waals surface area (Å²) in [4.78, 5) is 3.75. The van der Waals surface area contributed by atoms with Crippen molar-refractivity contribution >= 4 is 10.3 Å². The predicted octanol–water partition coefficient (Wildman–Crippen LogP) is 3.30. The topological polar surface area (TPSA) is 61.2 Å². The van der Waals surface area contributed by atoms with E-state index in [0.717, 1.165) is 15.1 Å². The summed E-state index contributed by atoms with van der Waals surface area (Å²) in [5.74, 6) is 0.754. The fourth-order valence-electron chi connectivity index (χ4n) is 2.11. The van der Waals surface area contributed by atoms with E-state index in [1.165, 1.54) is 18.7 Å². The third-order valence-electron chi connectivity index (χ3n) is 3.25. The van der Waals surface area contributed by atoms with Crippen LogP contribution in [0.5, 0.6) is 5.75 Å². The van der Waals surface area contributed by atoms with Gasteiger partial charge in [-0.2, -0.15) is 8.42 Å². The van der Waals surface area contributed by atoms with Crippen LogP contribution < -0.4 is 4.18 Å². The first-order chi connectivity index (χ1) is 9.83. The maximum atomic E-state index is 12.3. The SMILES string of the molecule is CC(C)c1cccc(C(C)C)c1OS(=O)(=O)n1ccnc1. The van der Waals surface area contributed by atoms with E-state index in [4.69, 9.17) is 4.18 Å². The van der Waals surface area contributed by atoms with Crippen molar-refractivity contribution in [1.82, 2.24) is 8.96 Å². The van der Waals surface area contributed by atoms with Crippen molar-refractivity contribution in [3.8, 4) is 5.75 Å². The van der Waals surface area contributed by atoms with E-state index in [2.05, 4.69) is 4.98 Å². The molecule has 1 aromatic heterocycles. The molecule has 0 atom stereocenters. The standard InChI is InChI=1S/C15H20N2O3S/c1-11(2)13-6-5-7-14(12(3)4)15(13)20-21(18,19)17-9-8-16-10-17/h5-12H,1-4H3. The Hall–Kier alpha value is -1.82. The van der Waals surface area contributed by atoms with Crippen LogP contribution in [0.1, 0.15) is 50.7 Å². The molecule has 1 aromatic carbocycles. The van der Waals surface area contributed by atoms with Crippen molar-refractivity contribution < 1.29 is 12.6 Å². The van der Waals surface area contributed by atoms with Gasteiger partial charge in [0.25, 0.3) is 0 Å². The van der Waals surface area contributed by atoms with Gasteiger partial charge in [0.15, 0.2) is 5.75 Å². The smallest absolute Gasteiger partial charge is 0.366 e. The van der Waals surface area contributed by atoms with Gasteiger partial charge >= 0.3 is 10.3 Å². The Bertz CT molecular complexity index is 678. The summed E-state index contributed by atoms with van der Waals surface area (Å²) >= 11 is 0. The van der Waals surface area contributed by atoms with E-state index in [1.54, 1.807) is 0 Å². The number of hydrogen-bond donors (Lipinski definition) is 0. The fraction of sp³-hybridized carbons (Fsp3) is 0.400. The second kappa shape index (κ2) is 5.89. The number of imidazole rings is 1. The lowest BCUT2D eigenvalue weighted by molar-refractivity contribution is 0.466. The van der Waals surface area contributed by atoms with Crippen LogP contribution in [0, 0.1) is 0 Å². The molecular formula is C15H20N2O3S. The first-order valence-corrected chi connectivity index (χ1v) is 8.25. The minimum atomic E-state index is -3.93. The lowest BCUT2D eigenvalue weighted by Gasteiger charge is -2.19. The van der Waals surface area contributed by atoms with Crippen LogP contribution in [0.25, 0.3) is 0 Å². The summed E-state index contributed by atoms with van der Waals surface area (Å²) in [6.07, 6.45) is 3.96. The van der Waals surface area contributed by atoms with E-state index < -0.39 is 10.3 Å². The van der Waals surface area contributed by atoms with Gasteiger partial charge < -0.3 is 4.18 Å². The van der Waals surface area contributed by atoms with Crippen LogP contribution in [0.2, 0.25) is 0 Å². The molecule has 2 aromatic rings. The van der Waals surface area contributed by atoms with Gasteiger partial charge in [-0.05, 0) is 23.0 Å². The van der Waals surface area contributed by atoms with Crippen LogP contribution in [-0.4, -0.2) is 17.4 Å². The molecule has 114 valence electrons. The molecule has 0 radical (unpaired) electrons. The third-order valence-corrected chi connectivity index (χ3v) is 4.36. The van der Waals surface area contributed by atoms with Crippen molar-refractivity contribution in [2.24, 2.45) is 0 Å². The van der Waals surface area contributed by atoms with Crippen molar-refractivity contribution in [3.63, 3.8) is 0 Å². The van der Waals surface area contributed by atoms with E-state index in [1.807, 2.05) is 45.9 Å². The normalized spacial score (nSPS) is 12.1. The molecule has 0 aliphatic heterocycles. The maximum absolute atomic E-state index is 12.3. The minimum Gasteiger partial charge on any atom is -0.366 e. The predicted molar refractivity (Wildman–Crippen MR) is 81.8 cm³/mol. The number of rotatable bonds is 5. The highest BCUT2D eigenvalue weighted by Crippen LogP contribution is 2.35. The maximum Gasteiger partial charge on any atom is 0.414 e. The van der Waals surface area contributed by atoms with Gasteiger partial charge in [0, 0.05) is 12.4 Å². The van der Waals surface area contributed by atoms with Gasteiger partial charge in [0.05, 0.1) is 0 Å². The summed E-state index contributed by atoms with van der Waals surface area (Å²) in [6, 6.07) is 5.73. The van der Waals surface area contributed by atoms with E-state index in [9.17, 15) is 8.42 Å². The number of hydrogen-bond acceptors (Lipinski definition) is 4. The second-order valence-electron chi connectivity index (χ2n) is 5.51. The Labute approximate surface area is 125 Å². The Morgan fingerprint density at radius 3 is 2.10 bits per heavy atom. The van der Waals surface area contributed by atoms with Gasteiger partial charge in [0.2, 0.25) is 0 Å². The van der Waals surface area contributed by atoms with Crippen LogP contribution in [0.4, 0.5) is 0 Å². The molecule has 0 spiro atoms. The average Bonchev–Trinajstić information content (AvgIpc) is 2.92.